The highest BCUT2D eigenvalue weighted by atomic mass is 32.2. The summed E-state index contributed by atoms with van der Waals surface area (Å²) in [6.07, 6.45) is 1.32. The second kappa shape index (κ2) is 7.19. The van der Waals surface area contributed by atoms with Crippen molar-refractivity contribution >= 4 is 23.6 Å². The van der Waals surface area contributed by atoms with Crippen molar-refractivity contribution in [3.8, 4) is 0 Å². The van der Waals surface area contributed by atoms with Gasteiger partial charge in [0, 0.05) is 30.2 Å². The summed E-state index contributed by atoms with van der Waals surface area (Å²) in [4.78, 5) is 26.2. The second-order valence-corrected chi connectivity index (χ2v) is 5.60. The lowest BCUT2D eigenvalue weighted by atomic mass is 10.3. The summed E-state index contributed by atoms with van der Waals surface area (Å²) in [6, 6.07) is 10.0. The van der Waals surface area contributed by atoms with Crippen LogP contribution in [0.1, 0.15) is 12.8 Å². The van der Waals surface area contributed by atoms with Gasteiger partial charge >= 0.3 is 0 Å². The summed E-state index contributed by atoms with van der Waals surface area (Å²) in [5.41, 5.74) is 0. The zero-order valence-electron chi connectivity index (χ0n) is 10.8. The van der Waals surface area contributed by atoms with Gasteiger partial charge in [-0.05, 0) is 18.6 Å². The lowest BCUT2D eigenvalue weighted by molar-refractivity contribution is -0.134. The van der Waals surface area contributed by atoms with E-state index in [0.29, 0.717) is 19.5 Å². The van der Waals surface area contributed by atoms with Crippen LogP contribution in [0.4, 0.5) is 0 Å². The Morgan fingerprint density at radius 2 is 2.11 bits per heavy atom. The molecule has 0 aliphatic carbocycles. The zero-order valence-corrected chi connectivity index (χ0v) is 11.6. The van der Waals surface area contributed by atoms with Crippen molar-refractivity contribution in [2.45, 2.75) is 17.7 Å². The molecule has 1 N–H and O–H groups in total. The molecular weight excluding hydrogens is 260 g/mol. The lowest BCUT2D eigenvalue weighted by Crippen LogP contribution is -2.37. The predicted molar refractivity (Wildman–Crippen MR) is 76.0 cm³/mol. The average Bonchev–Trinajstić information content (AvgIpc) is 2.64. The van der Waals surface area contributed by atoms with Crippen LogP contribution in [0.5, 0.6) is 0 Å². The molecular formula is C14H18N2O2S. The van der Waals surface area contributed by atoms with Crippen LogP contribution in [0.15, 0.2) is 35.2 Å². The molecule has 2 amide bonds. The number of hydrogen-bond donors (Lipinski definition) is 1. The minimum atomic E-state index is -0.0541. The molecule has 0 unspecified atom stereocenters. The van der Waals surface area contributed by atoms with Crippen LogP contribution in [0, 0.1) is 0 Å². The SMILES string of the molecule is O=C1CN(C(=O)CCSc2ccccc2)CCCN1. The van der Waals surface area contributed by atoms with Gasteiger partial charge in [0.15, 0.2) is 0 Å². The summed E-state index contributed by atoms with van der Waals surface area (Å²) >= 11 is 1.67. The van der Waals surface area contributed by atoms with Crippen LogP contribution >= 0.6 is 11.8 Å². The summed E-state index contributed by atoms with van der Waals surface area (Å²) in [7, 11) is 0. The molecule has 1 heterocycles. The molecule has 1 fully saturated rings. The molecule has 19 heavy (non-hydrogen) atoms. The standard InChI is InChI=1S/C14H18N2O2S/c17-13-11-16(9-4-8-15-13)14(18)7-10-19-12-5-2-1-3-6-12/h1-3,5-6H,4,7-11H2,(H,15,17). The summed E-state index contributed by atoms with van der Waals surface area (Å²) in [5.74, 6) is 0.767. The van der Waals surface area contributed by atoms with E-state index in [2.05, 4.69) is 5.32 Å². The maximum atomic E-state index is 12.0. The third kappa shape index (κ3) is 4.59. The largest absolute Gasteiger partial charge is 0.354 e. The van der Waals surface area contributed by atoms with Gasteiger partial charge in [-0.15, -0.1) is 11.8 Å². The number of thioether (sulfide) groups is 1. The van der Waals surface area contributed by atoms with Gasteiger partial charge in [-0.25, -0.2) is 0 Å². The molecule has 2 rings (SSSR count). The number of carbonyl (C=O) groups excluding carboxylic acids is 2. The van der Waals surface area contributed by atoms with Gasteiger partial charge in [0.25, 0.3) is 0 Å². The minimum Gasteiger partial charge on any atom is -0.354 e. The first-order valence-corrected chi connectivity index (χ1v) is 7.46. The van der Waals surface area contributed by atoms with E-state index < -0.39 is 0 Å². The van der Waals surface area contributed by atoms with Crippen molar-refractivity contribution in [1.29, 1.82) is 0 Å². The Morgan fingerprint density at radius 3 is 2.89 bits per heavy atom. The van der Waals surface area contributed by atoms with E-state index in [0.717, 1.165) is 12.2 Å². The smallest absolute Gasteiger partial charge is 0.239 e. The van der Waals surface area contributed by atoms with Crippen molar-refractivity contribution in [2.75, 3.05) is 25.4 Å². The molecule has 1 aromatic rings. The first kappa shape index (κ1) is 13.9. The number of nitrogens with one attached hydrogen (secondary N) is 1. The van der Waals surface area contributed by atoms with Gasteiger partial charge in [-0.2, -0.15) is 0 Å². The molecule has 5 heteroatoms. The molecule has 0 radical (unpaired) electrons. The van der Waals surface area contributed by atoms with E-state index >= 15 is 0 Å². The van der Waals surface area contributed by atoms with Crippen molar-refractivity contribution < 1.29 is 9.59 Å². The molecule has 102 valence electrons. The molecule has 0 bridgehead atoms. The van der Waals surface area contributed by atoms with Crippen LogP contribution in [-0.4, -0.2) is 42.1 Å². The number of rotatable bonds is 4. The molecule has 0 aromatic heterocycles. The fourth-order valence-corrected chi connectivity index (χ4v) is 2.81. The van der Waals surface area contributed by atoms with Gasteiger partial charge in [0.05, 0.1) is 6.54 Å². The molecule has 1 aliphatic rings. The highest BCUT2D eigenvalue weighted by Gasteiger charge is 2.19. The van der Waals surface area contributed by atoms with Crippen LogP contribution in [-0.2, 0) is 9.59 Å². The van der Waals surface area contributed by atoms with Crippen molar-refractivity contribution in [1.82, 2.24) is 10.2 Å². The first-order valence-electron chi connectivity index (χ1n) is 6.48. The van der Waals surface area contributed by atoms with E-state index in [-0.39, 0.29) is 18.4 Å². The monoisotopic (exact) mass is 278 g/mol. The van der Waals surface area contributed by atoms with Gasteiger partial charge in [-0.3, -0.25) is 9.59 Å². The van der Waals surface area contributed by atoms with Crippen molar-refractivity contribution in [3.05, 3.63) is 30.3 Å². The Balaban J connectivity index is 1.76. The average molecular weight is 278 g/mol. The Kier molecular flexibility index (Phi) is 5.27. The fraction of sp³-hybridized carbons (Fsp3) is 0.429. The van der Waals surface area contributed by atoms with Crippen LogP contribution < -0.4 is 5.32 Å². The normalized spacial score (nSPS) is 15.8. The predicted octanol–water partition coefficient (Wildman–Crippen LogP) is 1.52. The number of hydrogen-bond acceptors (Lipinski definition) is 3. The summed E-state index contributed by atoms with van der Waals surface area (Å²) in [5, 5.41) is 2.77. The highest BCUT2D eigenvalue weighted by Crippen LogP contribution is 2.18. The minimum absolute atomic E-state index is 0.0541. The third-order valence-electron chi connectivity index (χ3n) is 2.94. The van der Waals surface area contributed by atoms with Crippen LogP contribution in [0.3, 0.4) is 0 Å². The number of carbonyl (C=O) groups is 2. The fourth-order valence-electron chi connectivity index (χ4n) is 1.95. The lowest BCUT2D eigenvalue weighted by Gasteiger charge is -2.18. The first-order chi connectivity index (χ1) is 9.25. The maximum Gasteiger partial charge on any atom is 0.239 e. The zero-order chi connectivity index (χ0) is 13.5. The summed E-state index contributed by atoms with van der Waals surface area (Å²) in [6.45, 7) is 1.55. The van der Waals surface area contributed by atoms with Gasteiger partial charge in [0.1, 0.15) is 0 Å². The second-order valence-electron chi connectivity index (χ2n) is 4.43. The Hall–Kier alpha value is -1.49. The van der Waals surface area contributed by atoms with Gasteiger partial charge in [0.2, 0.25) is 11.8 Å². The summed E-state index contributed by atoms with van der Waals surface area (Å²) < 4.78 is 0. The molecule has 1 aliphatic heterocycles. The molecule has 0 spiro atoms. The maximum absolute atomic E-state index is 12.0. The highest BCUT2D eigenvalue weighted by molar-refractivity contribution is 7.99. The quantitative estimate of drug-likeness (QED) is 0.850. The van der Waals surface area contributed by atoms with E-state index in [4.69, 9.17) is 0 Å². The van der Waals surface area contributed by atoms with Crippen LogP contribution in [0.2, 0.25) is 0 Å². The van der Waals surface area contributed by atoms with E-state index in [1.165, 1.54) is 4.90 Å². The Morgan fingerprint density at radius 1 is 1.32 bits per heavy atom. The van der Waals surface area contributed by atoms with Crippen molar-refractivity contribution in [2.24, 2.45) is 0 Å². The number of nitrogens with zero attached hydrogens (tertiary/aromatic N) is 1. The third-order valence-corrected chi connectivity index (χ3v) is 3.96. The van der Waals surface area contributed by atoms with Crippen LogP contribution in [0.25, 0.3) is 0 Å². The molecule has 0 saturated carbocycles. The molecule has 1 saturated heterocycles. The van der Waals surface area contributed by atoms with Crippen molar-refractivity contribution in [3.63, 3.8) is 0 Å². The number of amides is 2. The van der Waals surface area contributed by atoms with E-state index in [1.807, 2.05) is 30.3 Å². The topological polar surface area (TPSA) is 49.4 Å². The van der Waals surface area contributed by atoms with E-state index in [9.17, 15) is 9.59 Å². The number of benzene rings is 1. The van der Waals surface area contributed by atoms with Gasteiger partial charge in [-0.1, -0.05) is 18.2 Å². The van der Waals surface area contributed by atoms with E-state index in [1.54, 1.807) is 16.7 Å². The molecule has 4 nitrogen and oxygen atoms in total. The molecule has 1 aromatic carbocycles. The van der Waals surface area contributed by atoms with Gasteiger partial charge < -0.3 is 10.2 Å². The molecule has 0 atom stereocenters. The Labute approximate surface area is 117 Å². The Bertz CT molecular complexity index is 436.